The van der Waals surface area contributed by atoms with E-state index in [1.54, 1.807) is 26.0 Å². The van der Waals surface area contributed by atoms with E-state index >= 15 is 0 Å². The van der Waals surface area contributed by atoms with Crippen molar-refractivity contribution in [2.75, 3.05) is 31.4 Å². The average molecular weight is 472 g/mol. The predicted molar refractivity (Wildman–Crippen MR) is 119 cm³/mol. The van der Waals surface area contributed by atoms with Gasteiger partial charge in [0.15, 0.2) is 5.11 Å². The maximum Gasteiger partial charge on any atom is 0.348 e. The predicted octanol–water partition coefficient (Wildman–Crippen LogP) is 2.74. The Kier molecular flexibility index (Phi) is 7.89. The number of benzene rings is 1. The molecule has 0 saturated heterocycles. The summed E-state index contributed by atoms with van der Waals surface area (Å²) in [5.41, 5.74) is 1.13. The zero-order valence-corrected chi connectivity index (χ0v) is 19.1. The topological polar surface area (TPSA) is 123 Å². The fourth-order valence-corrected chi connectivity index (χ4v) is 4.94. The first-order valence-corrected chi connectivity index (χ1v) is 11.3. The molecule has 1 aromatic carbocycles. The van der Waals surface area contributed by atoms with Crippen molar-refractivity contribution in [2.45, 2.75) is 18.7 Å². The molecule has 0 amide bonds. The van der Waals surface area contributed by atoms with Crippen molar-refractivity contribution in [3.05, 3.63) is 40.3 Å². The summed E-state index contributed by atoms with van der Waals surface area (Å²) in [4.78, 5) is 24.5. The van der Waals surface area contributed by atoms with Gasteiger partial charge in [0, 0.05) is 12.2 Å². The Balaban J connectivity index is 2.22. The quantitative estimate of drug-likeness (QED) is 0.413. The number of hydrogen-bond acceptors (Lipinski definition) is 8. The zero-order chi connectivity index (χ0) is 22.5. The molecule has 0 aliphatic rings. The van der Waals surface area contributed by atoms with Crippen LogP contribution in [0.2, 0.25) is 0 Å². The fourth-order valence-electron chi connectivity index (χ4n) is 2.49. The lowest BCUT2D eigenvalue weighted by atomic mass is 10.1. The van der Waals surface area contributed by atoms with Crippen LogP contribution in [-0.2, 0) is 19.5 Å². The van der Waals surface area contributed by atoms with Gasteiger partial charge in [-0.25, -0.2) is 22.7 Å². The highest BCUT2D eigenvalue weighted by Crippen LogP contribution is 2.34. The molecule has 9 nitrogen and oxygen atoms in total. The maximum absolute atomic E-state index is 12.2. The molecule has 0 bridgehead atoms. The summed E-state index contributed by atoms with van der Waals surface area (Å²) in [7, 11) is -1.07. The number of methoxy groups -OCH3 is 2. The summed E-state index contributed by atoms with van der Waals surface area (Å²) in [5.74, 6) is -1.20. The van der Waals surface area contributed by atoms with E-state index in [4.69, 9.17) is 21.7 Å². The zero-order valence-electron chi connectivity index (χ0n) is 16.7. The van der Waals surface area contributed by atoms with E-state index in [0.717, 1.165) is 11.3 Å². The Morgan fingerprint density at radius 2 is 1.67 bits per heavy atom. The minimum atomic E-state index is -3.55. The number of thiocarbonyl (C=S) groups is 1. The summed E-state index contributed by atoms with van der Waals surface area (Å²) in [5, 5.41) is 6.24. The van der Waals surface area contributed by atoms with E-state index in [9.17, 15) is 18.0 Å². The van der Waals surface area contributed by atoms with Crippen LogP contribution in [0.5, 0.6) is 0 Å². The summed E-state index contributed by atoms with van der Waals surface area (Å²) < 4.78 is 36.0. The maximum atomic E-state index is 12.2. The van der Waals surface area contributed by atoms with Gasteiger partial charge in [-0.3, -0.25) is 0 Å². The second-order valence-electron chi connectivity index (χ2n) is 5.85. The first-order valence-electron chi connectivity index (χ1n) is 8.62. The second kappa shape index (κ2) is 9.98. The van der Waals surface area contributed by atoms with Gasteiger partial charge in [0.05, 0.1) is 24.7 Å². The van der Waals surface area contributed by atoms with Gasteiger partial charge in [-0.05, 0) is 49.0 Å². The number of anilines is 2. The number of carbonyl (C=O) groups is 2. The third kappa shape index (κ3) is 5.33. The van der Waals surface area contributed by atoms with Gasteiger partial charge in [-0.2, -0.15) is 0 Å². The standard InChI is InChI=1S/C18H21N3O6S3/c1-5-19-30(24,25)12-8-6-11(7-9-12)20-18(28)21-15-13(16(22)26-3)10(2)14(29-15)17(23)27-4/h6-9,19H,5H2,1-4H3,(H2,20,21,28). The summed E-state index contributed by atoms with van der Waals surface area (Å²) in [6.45, 7) is 3.59. The van der Waals surface area contributed by atoms with Crippen molar-refractivity contribution in [2.24, 2.45) is 0 Å². The van der Waals surface area contributed by atoms with Gasteiger partial charge in [-0.15, -0.1) is 11.3 Å². The largest absolute Gasteiger partial charge is 0.465 e. The number of nitrogens with one attached hydrogen (secondary N) is 3. The highest BCUT2D eigenvalue weighted by molar-refractivity contribution is 7.89. The minimum Gasteiger partial charge on any atom is -0.465 e. The molecule has 12 heteroatoms. The molecule has 0 unspecified atom stereocenters. The second-order valence-corrected chi connectivity index (χ2v) is 9.04. The molecule has 1 aromatic heterocycles. The molecule has 2 aromatic rings. The van der Waals surface area contributed by atoms with E-state index in [-0.39, 0.29) is 27.0 Å². The molecule has 0 fully saturated rings. The molecule has 0 aliphatic heterocycles. The van der Waals surface area contributed by atoms with Crippen LogP contribution in [0.25, 0.3) is 0 Å². The van der Waals surface area contributed by atoms with Crippen molar-refractivity contribution in [1.29, 1.82) is 0 Å². The van der Waals surface area contributed by atoms with E-state index in [0.29, 0.717) is 16.3 Å². The molecule has 0 aliphatic carbocycles. The monoisotopic (exact) mass is 471 g/mol. The van der Waals surface area contributed by atoms with Crippen LogP contribution in [0.4, 0.5) is 10.7 Å². The Morgan fingerprint density at radius 1 is 1.07 bits per heavy atom. The van der Waals surface area contributed by atoms with Gasteiger partial charge in [0.25, 0.3) is 0 Å². The van der Waals surface area contributed by atoms with Gasteiger partial charge < -0.3 is 20.1 Å². The van der Waals surface area contributed by atoms with Gasteiger partial charge in [0.1, 0.15) is 9.88 Å². The normalized spacial score (nSPS) is 10.9. The van der Waals surface area contributed by atoms with Crippen LogP contribution in [0.1, 0.15) is 32.5 Å². The smallest absolute Gasteiger partial charge is 0.348 e. The van der Waals surface area contributed by atoms with Gasteiger partial charge in [0.2, 0.25) is 10.0 Å². The molecule has 30 heavy (non-hydrogen) atoms. The fraction of sp³-hybridized carbons (Fsp3) is 0.278. The minimum absolute atomic E-state index is 0.123. The van der Waals surface area contributed by atoms with Crippen molar-refractivity contribution < 1.29 is 27.5 Å². The van der Waals surface area contributed by atoms with Crippen molar-refractivity contribution in [1.82, 2.24) is 4.72 Å². The molecule has 0 atom stereocenters. The lowest BCUT2D eigenvalue weighted by molar-refractivity contribution is 0.0601. The molecule has 1 heterocycles. The number of hydrogen-bond donors (Lipinski definition) is 3. The van der Waals surface area contributed by atoms with Crippen LogP contribution in [-0.4, -0.2) is 46.2 Å². The summed E-state index contributed by atoms with van der Waals surface area (Å²) >= 11 is 6.29. The van der Waals surface area contributed by atoms with Gasteiger partial charge in [-0.1, -0.05) is 6.92 Å². The van der Waals surface area contributed by atoms with Crippen LogP contribution >= 0.6 is 23.6 Å². The number of esters is 2. The first-order chi connectivity index (χ1) is 14.1. The lowest BCUT2D eigenvalue weighted by Gasteiger charge is -2.11. The number of sulfonamides is 1. The lowest BCUT2D eigenvalue weighted by Crippen LogP contribution is -2.23. The molecule has 162 valence electrons. The highest BCUT2D eigenvalue weighted by Gasteiger charge is 2.26. The number of ether oxygens (including phenoxy) is 2. The van der Waals surface area contributed by atoms with E-state index < -0.39 is 22.0 Å². The Morgan fingerprint density at radius 3 is 2.20 bits per heavy atom. The molecule has 0 spiro atoms. The molecule has 3 N–H and O–H groups in total. The summed E-state index contributed by atoms with van der Waals surface area (Å²) in [6.07, 6.45) is 0. The van der Waals surface area contributed by atoms with Gasteiger partial charge >= 0.3 is 11.9 Å². The Hall–Kier alpha value is -2.54. The van der Waals surface area contributed by atoms with E-state index in [1.807, 2.05) is 0 Å². The van der Waals surface area contributed by atoms with E-state index in [2.05, 4.69) is 15.4 Å². The summed E-state index contributed by atoms with van der Waals surface area (Å²) in [6, 6.07) is 5.98. The molecular weight excluding hydrogens is 450 g/mol. The third-order valence-corrected chi connectivity index (χ3v) is 6.84. The van der Waals surface area contributed by atoms with Crippen molar-refractivity contribution >= 4 is 61.3 Å². The van der Waals surface area contributed by atoms with Crippen LogP contribution in [0, 0.1) is 6.92 Å². The molecule has 0 saturated carbocycles. The van der Waals surface area contributed by atoms with Crippen LogP contribution in [0.15, 0.2) is 29.2 Å². The highest BCUT2D eigenvalue weighted by atomic mass is 32.2. The third-order valence-electron chi connectivity index (χ3n) is 3.89. The van der Waals surface area contributed by atoms with Crippen molar-refractivity contribution in [3.8, 4) is 0 Å². The number of rotatable bonds is 7. The van der Waals surface area contributed by atoms with Crippen molar-refractivity contribution in [3.63, 3.8) is 0 Å². The average Bonchev–Trinajstić information content (AvgIpc) is 3.02. The molecule has 0 radical (unpaired) electrons. The SMILES string of the molecule is CCNS(=O)(=O)c1ccc(NC(=S)Nc2sc(C(=O)OC)c(C)c2C(=O)OC)cc1. The Labute approximate surface area is 183 Å². The van der Waals surface area contributed by atoms with Crippen LogP contribution in [0.3, 0.4) is 0 Å². The molecule has 2 rings (SSSR count). The number of carbonyl (C=O) groups excluding carboxylic acids is 2. The molecular formula is C18H21N3O6S3. The van der Waals surface area contributed by atoms with E-state index in [1.165, 1.54) is 26.4 Å². The Bertz CT molecular complexity index is 1060. The van der Waals surface area contributed by atoms with Crippen LogP contribution < -0.4 is 15.4 Å². The first kappa shape index (κ1) is 23.7. The number of thiophene rings is 1.